The van der Waals surface area contributed by atoms with Gasteiger partial charge in [0.15, 0.2) is 5.13 Å². The molecule has 0 unspecified atom stereocenters. The molecule has 27 heavy (non-hydrogen) atoms. The molecule has 0 fully saturated rings. The van der Waals surface area contributed by atoms with Crippen LogP contribution in [-0.4, -0.2) is 38.0 Å². The summed E-state index contributed by atoms with van der Waals surface area (Å²) in [6, 6.07) is 11.6. The van der Waals surface area contributed by atoms with Gasteiger partial charge in [-0.1, -0.05) is 41.7 Å². The quantitative estimate of drug-likeness (QED) is 0.756. The van der Waals surface area contributed by atoms with E-state index in [4.69, 9.17) is 0 Å². The molecule has 3 aromatic rings. The van der Waals surface area contributed by atoms with Crippen molar-refractivity contribution in [2.75, 3.05) is 11.9 Å². The molecule has 0 saturated carbocycles. The van der Waals surface area contributed by atoms with Crippen molar-refractivity contribution in [2.45, 2.75) is 19.9 Å². The second-order valence-electron chi connectivity index (χ2n) is 6.45. The van der Waals surface area contributed by atoms with Crippen molar-refractivity contribution in [1.82, 2.24) is 19.7 Å². The van der Waals surface area contributed by atoms with Crippen LogP contribution in [0.3, 0.4) is 0 Å². The second kappa shape index (κ2) is 6.96. The number of rotatable bonds is 3. The Kier molecular flexibility index (Phi) is 4.49. The standard InChI is InChI=1S/C19H19N5O2S/c1-12(25)20-19-21-14-8-9-24(11-17(14)27-19)18(26)16-10-15(22-23(16)2)13-6-4-3-5-7-13/h3-7,10H,8-9,11H2,1-2H3,(H,20,21,25). The number of thiazole rings is 1. The first-order valence-corrected chi connectivity index (χ1v) is 9.48. The Morgan fingerprint density at radius 3 is 2.74 bits per heavy atom. The molecule has 1 aromatic carbocycles. The summed E-state index contributed by atoms with van der Waals surface area (Å²) in [5.41, 5.74) is 3.28. The lowest BCUT2D eigenvalue weighted by molar-refractivity contribution is -0.114. The van der Waals surface area contributed by atoms with Crippen LogP contribution in [0.2, 0.25) is 0 Å². The van der Waals surface area contributed by atoms with Crippen molar-refractivity contribution in [3.63, 3.8) is 0 Å². The van der Waals surface area contributed by atoms with Crippen molar-refractivity contribution >= 4 is 28.3 Å². The van der Waals surface area contributed by atoms with Crippen LogP contribution in [0.15, 0.2) is 36.4 Å². The zero-order valence-electron chi connectivity index (χ0n) is 15.1. The van der Waals surface area contributed by atoms with E-state index in [1.54, 1.807) is 11.7 Å². The van der Waals surface area contributed by atoms with E-state index >= 15 is 0 Å². The smallest absolute Gasteiger partial charge is 0.272 e. The minimum atomic E-state index is -0.141. The number of aromatic nitrogens is 3. The van der Waals surface area contributed by atoms with Crippen LogP contribution in [0.5, 0.6) is 0 Å². The third kappa shape index (κ3) is 3.48. The van der Waals surface area contributed by atoms with Crippen LogP contribution >= 0.6 is 11.3 Å². The number of hydrogen-bond acceptors (Lipinski definition) is 5. The van der Waals surface area contributed by atoms with E-state index in [9.17, 15) is 9.59 Å². The maximum Gasteiger partial charge on any atom is 0.272 e. The highest BCUT2D eigenvalue weighted by Crippen LogP contribution is 2.29. The van der Waals surface area contributed by atoms with Crippen LogP contribution in [-0.2, 0) is 24.8 Å². The van der Waals surface area contributed by atoms with Gasteiger partial charge in [-0.25, -0.2) is 4.98 Å². The van der Waals surface area contributed by atoms with Crippen LogP contribution in [0.25, 0.3) is 11.3 Å². The molecule has 2 aromatic heterocycles. The predicted octanol–water partition coefficient (Wildman–Crippen LogP) is 2.70. The van der Waals surface area contributed by atoms with Gasteiger partial charge in [0.05, 0.1) is 17.9 Å². The number of carbonyl (C=O) groups excluding carboxylic acids is 2. The molecule has 0 radical (unpaired) electrons. The van der Waals surface area contributed by atoms with E-state index in [2.05, 4.69) is 15.4 Å². The number of carbonyl (C=O) groups is 2. The van der Waals surface area contributed by atoms with E-state index < -0.39 is 0 Å². The number of aryl methyl sites for hydroxylation is 1. The highest BCUT2D eigenvalue weighted by molar-refractivity contribution is 7.15. The molecule has 138 valence electrons. The van der Waals surface area contributed by atoms with Gasteiger partial charge in [-0.3, -0.25) is 14.3 Å². The molecular formula is C19H19N5O2S. The Bertz CT molecular complexity index is 1010. The predicted molar refractivity (Wildman–Crippen MR) is 104 cm³/mol. The van der Waals surface area contributed by atoms with Gasteiger partial charge in [0.25, 0.3) is 5.91 Å². The second-order valence-corrected chi connectivity index (χ2v) is 7.53. The Hall–Kier alpha value is -3.00. The summed E-state index contributed by atoms with van der Waals surface area (Å²) in [4.78, 5) is 31.5. The molecule has 8 heteroatoms. The third-order valence-electron chi connectivity index (χ3n) is 4.47. The van der Waals surface area contributed by atoms with Crippen LogP contribution < -0.4 is 5.32 Å². The number of fused-ring (bicyclic) bond motifs is 1. The number of hydrogen-bond donors (Lipinski definition) is 1. The Labute approximate surface area is 160 Å². The van der Waals surface area contributed by atoms with Gasteiger partial charge in [0, 0.05) is 37.4 Å². The van der Waals surface area contributed by atoms with Crippen molar-refractivity contribution in [1.29, 1.82) is 0 Å². The van der Waals surface area contributed by atoms with Gasteiger partial charge in [-0.05, 0) is 6.07 Å². The lowest BCUT2D eigenvalue weighted by Gasteiger charge is -2.25. The zero-order chi connectivity index (χ0) is 19.0. The van der Waals surface area contributed by atoms with E-state index in [0.29, 0.717) is 30.3 Å². The summed E-state index contributed by atoms with van der Waals surface area (Å²) in [7, 11) is 1.79. The normalized spacial score (nSPS) is 13.3. The highest BCUT2D eigenvalue weighted by Gasteiger charge is 2.27. The van der Waals surface area contributed by atoms with Gasteiger partial charge in [0.1, 0.15) is 5.69 Å². The minimum absolute atomic E-state index is 0.0488. The molecule has 0 spiro atoms. The first kappa shape index (κ1) is 17.4. The molecule has 1 N–H and O–H groups in total. The van der Waals surface area contributed by atoms with E-state index in [-0.39, 0.29) is 11.8 Å². The number of amides is 2. The number of benzene rings is 1. The summed E-state index contributed by atoms with van der Waals surface area (Å²) in [6.07, 6.45) is 0.681. The zero-order valence-corrected chi connectivity index (χ0v) is 15.9. The third-order valence-corrected chi connectivity index (χ3v) is 5.47. The van der Waals surface area contributed by atoms with Crippen molar-refractivity contribution < 1.29 is 9.59 Å². The summed E-state index contributed by atoms with van der Waals surface area (Å²) >= 11 is 1.43. The van der Waals surface area contributed by atoms with Crippen LogP contribution in [0.1, 0.15) is 28.0 Å². The molecule has 0 aliphatic carbocycles. The summed E-state index contributed by atoms with van der Waals surface area (Å²) in [6.45, 7) is 2.56. The average Bonchev–Trinajstić information content (AvgIpc) is 3.23. The maximum absolute atomic E-state index is 13.0. The van der Waals surface area contributed by atoms with Gasteiger partial charge in [-0.2, -0.15) is 5.10 Å². The fourth-order valence-corrected chi connectivity index (χ4v) is 4.22. The average molecular weight is 381 g/mol. The van der Waals surface area contributed by atoms with Crippen molar-refractivity contribution in [3.8, 4) is 11.3 Å². The highest BCUT2D eigenvalue weighted by atomic mass is 32.1. The molecule has 0 atom stereocenters. The monoisotopic (exact) mass is 381 g/mol. The number of nitrogens with one attached hydrogen (secondary N) is 1. The van der Waals surface area contributed by atoms with Gasteiger partial charge in [-0.15, -0.1) is 0 Å². The fraction of sp³-hybridized carbons (Fsp3) is 0.263. The van der Waals surface area contributed by atoms with E-state index in [0.717, 1.165) is 21.8 Å². The molecule has 1 aliphatic heterocycles. The first-order valence-electron chi connectivity index (χ1n) is 8.66. The van der Waals surface area contributed by atoms with E-state index in [1.807, 2.05) is 41.3 Å². The summed E-state index contributed by atoms with van der Waals surface area (Å²) in [5.74, 6) is -0.190. The molecule has 1 aliphatic rings. The van der Waals surface area contributed by atoms with E-state index in [1.165, 1.54) is 18.3 Å². The largest absolute Gasteiger partial charge is 0.332 e. The molecule has 3 heterocycles. The van der Waals surface area contributed by atoms with Crippen molar-refractivity contribution in [3.05, 3.63) is 52.7 Å². The topological polar surface area (TPSA) is 80.1 Å². The van der Waals surface area contributed by atoms with Crippen LogP contribution in [0.4, 0.5) is 5.13 Å². The lowest BCUT2D eigenvalue weighted by Crippen LogP contribution is -2.36. The van der Waals surface area contributed by atoms with Gasteiger partial charge in [0.2, 0.25) is 5.91 Å². The van der Waals surface area contributed by atoms with Gasteiger partial charge >= 0.3 is 0 Å². The SMILES string of the molecule is CC(=O)Nc1nc2c(s1)CN(C(=O)c1cc(-c3ccccc3)nn1C)CC2. The molecule has 4 rings (SSSR count). The minimum Gasteiger partial charge on any atom is -0.332 e. The van der Waals surface area contributed by atoms with Crippen molar-refractivity contribution in [2.24, 2.45) is 7.05 Å². The Morgan fingerprint density at radius 1 is 1.22 bits per heavy atom. The molecule has 0 saturated heterocycles. The molecule has 2 amide bonds. The summed E-state index contributed by atoms with van der Waals surface area (Å²) in [5, 5.41) is 7.80. The first-order chi connectivity index (χ1) is 13.0. The maximum atomic E-state index is 13.0. The Balaban J connectivity index is 1.55. The Morgan fingerprint density at radius 2 is 2.00 bits per heavy atom. The van der Waals surface area contributed by atoms with Gasteiger partial charge < -0.3 is 10.2 Å². The van der Waals surface area contributed by atoms with Crippen LogP contribution in [0, 0.1) is 0 Å². The number of nitrogens with zero attached hydrogens (tertiary/aromatic N) is 4. The lowest BCUT2D eigenvalue weighted by atomic mass is 10.1. The fourth-order valence-electron chi connectivity index (χ4n) is 3.15. The number of anilines is 1. The summed E-state index contributed by atoms with van der Waals surface area (Å²) < 4.78 is 1.63. The molecule has 7 nitrogen and oxygen atoms in total. The molecular weight excluding hydrogens is 362 g/mol. The molecule has 0 bridgehead atoms.